The average molecular weight is 216 g/mol. The van der Waals surface area contributed by atoms with Crippen LogP contribution in [0.2, 0.25) is 0 Å². The molecule has 0 aliphatic carbocycles. The van der Waals surface area contributed by atoms with E-state index in [1.54, 1.807) is 6.07 Å². The predicted octanol–water partition coefficient (Wildman–Crippen LogP) is 3.04. The fourth-order valence-electron chi connectivity index (χ4n) is 1.51. The Bertz CT molecular complexity index is 366. The van der Waals surface area contributed by atoms with Crippen LogP contribution in [-0.4, -0.2) is 12.2 Å². The Kier molecular flexibility index (Phi) is 2.26. The molecule has 1 aliphatic heterocycles. The van der Waals surface area contributed by atoms with E-state index < -0.39 is 11.7 Å². The number of ether oxygens (including phenoxy) is 1. The molecule has 15 heavy (non-hydrogen) atoms. The van der Waals surface area contributed by atoms with E-state index in [1.165, 1.54) is 12.1 Å². The second-order valence-corrected chi connectivity index (χ2v) is 4.11. The summed E-state index contributed by atoms with van der Waals surface area (Å²) in [6.07, 6.45) is -3.72. The molecule has 1 aliphatic rings. The first kappa shape index (κ1) is 10.5. The van der Waals surface area contributed by atoms with Gasteiger partial charge in [-0.3, -0.25) is 0 Å². The Labute approximate surface area is 85.9 Å². The summed E-state index contributed by atoms with van der Waals surface area (Å²) in [4.78, 5) is 0. The molecule has 0 aromatic heterocycles. The van der Waals surface area contributed by atoms with Crippen molar-refractivity contribution in [3.05, 3.63) is 35.4 Å². The standard InChI is InChI=1S/C11H11F3O/c1-10(7-15-10)6-8-3-2-4-9(5-8)11(12,13)14/h2-5H,6-7H2,1H3. The third kappa shape index (κ3) is 2.50. The van der Waals surface area contributed by atoms with Gasteiger partial charge in [0, 0.05) is 6.42 Å². The molecule has 1 heterocycles. The van der Waals surface area contributed by atoms with Crippen molar-refractivity contribution in [2.75, 3.05) is 6.61 Å². The van der Waals surface area contributed by atoms with Crippen LogP contribution in [0.1, 0.15) is 18.1 Å². The van der Waals surface area contributed by atoms with Gasteiger partial charge in [-0.2, -0.15) is 13.2 Å². The summed E-state index contributed by atoms with van der Waals surface area (Å²) in [5.41, 5.74) is -0.168. The van der Waals surface area contributed by atoms with E-state index in [0.717, 1.165) is 6.07 Å². The number of hydrogen-bond donors (Lipinski definition) is 0. The van der Waals surface area contributed by atoms with E-state index in [2.05, 4.69) is 0 Å². The van der Waals surface area contributed by atoms with Gasteiger partial charge in [0.1, 0.15) is 0 Å². The lowest BCUT2D eigenvalue weighted by molar-refractivity contribution is -0.137. The highest BCUT2D eigenvalue weighted by molar-refractivity contribution is 5.27. The summed E-state index contributed by atoms with van der Waals surface area (Å²) in [6, 6.07) is 5.40. The van der Waals surface area contributed by atoms with Gasteiger partial charge < -0.3 is 4.74 Å². The third-order valence-electron chi connectivity index (χ3n) is 2.47. The van der Waals surface area contributed by atoms with Gasteiger partial charge in [-0.15, -0.1) is 0 Å². The molecule has 1 saturated heterocycles. The summed E-state index contributed by atoms with van der Waals surface area (Å²) < 4.78 is 42.3. The van der Waals surface area contributed by atoms with Crippen molar-refractivity contribution in [1.82, 2.24) is 0 Å². The van der Waals surface area contributed by atoms with E-state index in [4.69, 9.17) is 4.74 Å². The summed E-state index contributed by atoms with van der Waals surface area (Å²) in [7, 11) is 0. The van der Waals surface area contributed by atoms with Crippen molar-refractivity contribution in [3.63, 3.8) is 0 Å². The first-order chi connectivity index (χ1) is 6.89. The SMILES string of the molecule is CC1(Cc2cccc(C(F)(F)F)c2)CO1. The normalized spacial score (nSPS) is 25.3. The molecule has 1 aromatic rings. The zero-order valence-electron chi connectivity index (χ0n) is 8.27. The summed E-state index contributed by atoms with van der Waals surface area (Å²) in [5.74, 6) is 0. The van der Waals surface area contributed by atoms with Crippen molar-refractivity contribution < 1.29 is 17.9 Å². The number of rotatable bonds is 2. The molecule has 4 heteroatoms. The highest BCUT2D eigenvalue weighted by Gasteiger charge is 2.39. The van der Waals surface area contributed by atoms with Crippen molar-refractivity contribution in [2.24, 2.45) is 0 Å². The molecule has 82 valence electrons. The van der Waals surface area contributed by atoms with Crippen LogP contribution in [0.5, 0.6) is 0 Å². The predicted molar refractivity (Wildman–Crippen MR) is 49.5 cm³/mol. The highest BCUT2D eigenvalue weighted by atomic mass is 19.4. The second kappa shape index (κ2) is 3.23. The highest BCUT2D eigenvalue weighted by Crippen LogP contribution is 2.33. The minimum atomic E-state index is -4.26. The van der Waals surface area contributed by atoms with E-state index in [-0.39, 0.29) is 5.60 Å². The van der Waals surface area contributed by atoms with Gasteiger partial charge in [-0.05, 0) is 18.6 Å². The Morgan fingerprint density at radius 1 is 1.40 bits per heavy atom. The molecular weight excluding hydrogens is 205 g/mol. The minimum absolute atomic E-state index is 0.246. The van der Waals surface area contributed by atoms with Gasteiger partial charge in [0.2, 0.25) is 0 Å². The van der Waals surface area contributed by atoms with Gasteiger partial charge in [-0.25, -0.2) is 0 Å². The van der Waals surface area contributed by atoms with Crippen molar-refractivity contribution >= 4 is 0 Å². The second-order valence-electron chi connectivity index (χ2n) is 4.11. The minimum Gasteiger partial charge on any atom is -0.370 e. The number of halogens is 3. The summed E-state index contributed by atoms with van der Waals surface area (Å²) >= 11 is 0. The fraction of sp³-hybridized carbons (Fsp3) is 0.455. The zero-order chi connectivity index (χ0) is 11.1. The van der Waals surface area contributed by atoms with E-state index in [1.807, 2.05) is 6.92 Å². The van der Waals surface area contributed by atoms with Crippen LogP contribution in [0, 0.1) is 0 Å². The first-order valence-corrected chi connectivity index (χ1v) is 4.69. The number of alkyl halides is 3. The Morgan fingerprint density at radius 2 is 2.07 bits per heavy atom. The first-order valence-electron chi connectivity index (χ1n) is 4.69. The van der Waals surface area contributed by atoms with Crippen molar-refractivity contribution in [1.29, 1.82) is 0 Å². The van der Waals surface area contributed by atoms with Crippen LogP contribution in [0.25, 0.3) is 0 Å². The van der Waals surface area contributed by atoms with Crippen molar-refractivity contribution in [3.8, 4) is 0 Å². The average Bonchev–Trinajstić information content (AvgIpc) is 2.82. The lowest BCUT2D eigenvalue weighted by atomic mass is 10.00. The third-order valence-corrected chi connectivity index (χ3v) is 2.47. The monoisotopic (exact) mass is 216 g/mol. The van der Waals surface area contributed by atoms with E-state index in [9.17, 15) is 13.2 Å². The smallest absolute Gasteiger partial charge is 0.370 e. The zero-order valence-corrected chi connectivity index (χ0v) is 8.27. The molecule has 1 aromatic carbocycles. The number of benzene rings is 1. The lowest BCUT2D eigenvalue weighted by Crippen LogP contribution is -2.10. The summed E-state index contributed by atoms with van der Waals surface area (Å²) in [6.45, 7) is 2.52. The molecule has 0 spiro atoms. The molecule has 1 nitrogen and oxygen atoms in total. The molecule has 0 amide bonds. The Balaban J connectivity index is 2.19. The van der Waals surface area contributed by atoms with Gasteiger partial charge in [0.25, 0.3) is 0 Å². The largest absolute Gasteiger partial charge is 0.416 e. The molecule has 2 rings (SSSR count). The molecule has 0 radical (unpaired) electrons. The Morgan fingerprint density at radius 3 is 2.60 bits per heavy atom. The molecule has 0 N–H and O–H groups in total. The van der Waals surface area contributed by atoms with Crippen molar-refractivity contribution in [2.45, 2.75) is 25.1 Å². The van der Waals surface area contributed by atoms with Gasteiger partial charge in [-0.1, -0.05) is 18.2 Å². The molecule has 0 bridgehead atoms. The molecule has 0 saturated carbocycles. The molecule has 1 fully saturated rings. The van der Waals surface area contributed by atoms with Crippen LogP contribution in [-0.2, 0) is 17.3 Å². The molecular formula is C11H11F3O. The summed E-state index contributed by atoms with van der Waals surface area (Å²) in [5, 5.41) is 0. The van der Waals surface area contributed by atoms with Crippen LogP contribution in [0.3, 0.4) is 0 Å². The van der Waals surface area contributed by atoms with Gasteiger partial charge >= 0.3 is 6.18 Å². The maximum absolute atomic E-state index is 12.4. The van der Waals surface area contributed by atoms with E-state index >= 15 is 0 Å². The van der Waals surface area contributed by atoms with Crippen LogP contribution >= 0.6 is 0 Å². The maximum atomic E-state index is 12.4. The number of epoxide rings is 1. The molecule has 1 atom stereocenters. The van der Waals surface area contributed by atoms with Crippen LogP contribution in [0.4, 0.5) is 13.2 Å². The molecule has 1 unspecified atom stereocenters. The van der Waals surface area contributed by atoms with E-state index in [0.29, 0.717) is 18.6 Å². The van der Waals surface area contributed by atoms with Gasteiger partial charge in [0.05, 0.1) is 17.8 Å². The van der Waals surface area contributed by atoms with Crippen LogP contribution in [0.15, 0.2) is 24.3 Å². The van der Waals surface area contributed by atoms with Crippen LogP contribution < -0.4 is 0 Å². The Hall–Kier alpha value is -1.03. The topological polar surface area (TPSA) is 12.5 Å². The lowest BCUT2D eigenvalue weighted by Gasteiger charge is -2.10. The number of hydrogen-bond acceptors (Lipinski definition) is 1. The fourth-order valence-corrected chi connectivity index (χ4v) is 1.51. The maximum Gasteiger partial charge on any atom is 0.416 e. The quantitative estimate of drug-likeness (QED) is 0.692. The van der Waals surface area contributed by atoms with Gasteiger partial charge in [0.15, 0.2) is 0 Å².